The Kier molecular flexibility index (Phi) is 5.37. The van der Waals surface area contributed by atoms with Gasteiger partial charge in [0.05, 0.1) is 18.1 Å². The van der Waals surface area contributed by atoms with Crippen LogP contribution >= 0.6 is 0 Å². The largest absolute Gasteiger partial charge is 0.481 e. The molecule has 1 aliphatic carbocycles. The lowest BCUT2D eigenvalue weighted by atomic mass is 9.78. The minimum absolute atomic E-state index is 0.195. The molecular weight excluding hydrogens is 260 g/mol. The summed E-state index contributed by atoms with van der Waals surface area (Å²) >= 11 is 0. The summed E-state index contributed by atoms with van der Waals surface area (Å²) in [6.07, 6.45) is 2.33. The van der Waals surface area contributed by atoms with E-state index in [0.717, 1.165) is 32.7 Å². The number of piperazine rings is 1. The first-order valence-electron chi connectivity index (χ1n) is 7.53. The molecule has 0 amide bonds. The monoisotopic (exact) mass is 286 g/mol. The Morgan fingerprint density at radius 2 is 1.65 bits per heavy atom. The number of β-amino-alcohol motifs (C(OH)–C–C–N with tert-alkyl or cyclic N) is 2. The van der Waals surface area contributed by atoms with Gasteiger partial charge < -0.3 is 15.3 Å². The summed E-state index contributed by atoms with van der Waals surface area (Å²) in [7, 11) is 0. The highest BCUT2D eigenvalue weighted by Gasteiger charge is 2.37. The molecule has 2 rings (SSSR count). The number of nitrogens with zero attached hydrogens (tertiary/aromatic N) is 2. The van der Waals surface area contributed by atoms with Crippen molar-refractivity contribution in [1.29, 1.82) is 0 Å². The van der Waals surface area contributed by atoms with Crippen LogP contribution in [0.2, 0.25) is 0 Å². The summed E-state index contributed by atoms with van der Waals surface area (Å²) in [5, 5.41) is 28.5. The van der Waals surface area contributed by atoms with Crippen LogP contribution in [0.5, 0.6) is 0 Å². The second-order valence-electron chi connectivity index (χ2n) is 6.18. The lowest BCUT2D eigenvalue weighted by Gasteiger charge is -2.41. The van der Waals surface area contributed by atoms with Crippen LogP contribution in [-0.4, -0.2) is 82.6 Å². The topological polar surface area (TPSA) is 84.2 Å². The van der Waals surface area contributed by atoms with Gasteiger partial charge in [-0.2, -0.15) is 0 Å². The standard InChI is InChI=1S/C14H26N2O4/c17-10-9-15-5-7-16(8-6-15)11-14(20)3-1-12(2-4-14)13(18)19/h12,17,20H,1-11H2,(H,18,19). The Morgan fingerprint density at radius 3 is 2.15 bits per heavy atom. The molecule has 2 fully saturated rings. The quantitative estimate of drug-likeness (QED) is 0.638. The van der Waals surface area contributed by atoms with E-state index < -0.39 is 11.6 Å². The van der Waals surface area contributed by atoms with Gasteiger partial charge in [0, 0.05) is 39.3 Å². The maximum Gasteiger partial charge on any atom is 0.306 e. The van der Waals surface area contributed by atoms with E-state index in [9.17, 15) is 9.90 Å². The minimum atomic E-state index is -0.732. The highest BCUT2D eigenvalue weighted by atomic mass is 16.4. The molecule has 0 atom stereocenters. The molecule has 1 aliphatic heterocycles. The molecule has 2 aliphatic rings. The van der Waals surface area contributed by atoms with Crippen molar-refractivity contribution in [1.82, 2.24) is 9.80 Å². The van der Waals surface area contributed by atoms with Crippen LogP contribution in [0.1, 0.15) is 25.7 Å². The Morgan fingerprint density at radius 1 is 1.10 bits per heavy atom. The molecule has 6 heteroatoms. The molecule has 1 saturated heterocycles. The van der Waals surface area contributed by atoms with E-state index in [-0.39, 0.29) is 12.5 Å². The van der Waals surface area contributed by atoms with Crippen molar-refractivity contribution in [2.45, 2.75) is 31.3 Å². The van der Waals surface area contributed by atoms with E-state index in [2.05, 4.69) is 9.80 Å². The number of hydrogen-bond acceptors (Lipinski definition) is 5. The third kappa shape index (κ3) is 4.15. The van der Waals surface area contributed by atoms with Gasteiger partial charge in [0.25, 0.3) is 0 Å². The van der Waals surface area contributed by atoms with Crippen LogP contribution in [0.4, 0.5) is 0 Å². The first-order chi connectivity index (χ1) is 9.52. The van der Waals surface area contributed by atoms with Crippen molar-refractivity contribution in [3.05, 3.63) is 0 Å². The first-order valence-corrected chi connectivity index (χ1v) is 7.53. The maximum atomic E-state index is 10.9. The molecule has 0 bridgehead atoms. The number of hydrogen-bond donors (Lipinski definition) is 3. The molecule has 3 N–H and O–H groups in total. The van der Waals surface area contributed by atoms with Crippen LogP contribution < -0.4 is 0 Å². The number of aliphatic carboxylic acids is 1. The molecule has 1 saturated carbocycles. The van der Waals surface area contributed by atoms with Crippen LogP contribution in [-0.2, 0) is 4.79 Å². The van der Waals surface area contributed by atoms with Gasteiger partial charge in [0.15, 0.2) is 0 Å². The van der Waals surface area contributed by atoms with Gasteiger partial charge in [-0.15, -0.1) is 0 Å². The average molecular weight is 286 g/mol. The fourth-order valence-electron chi connectivity index (χ4n) is 3.29. The lowest BCUT2D eigenvalue weighted by Crippen LogP contribution is -2.53. The molecular formula is C14H26N2O4. The summed E-state index contributed by atoms with van der Waals surface area (Å²) < 4.78 is 0. The lowest BCUT2D eigenvalue weighted by molar-refractivity contribution is -0.145. The van der Waals surface area contributed by atoms with Gasteiger partial charge in [0.2, 0.25) is 0 Å². The molecule has 116 valence electrons. The van der Waals surface area contributed by atoms with E-state index in [0.29, 0.717) is 32.2 Å². The van der Waals surface area contributed by atoms with Crippen molar-refractivity contribution in [2.24, 2.45) is 5.92 Å². The van der Waals surface area contributed by atoms with Gasteiger partial charge in [-0.05, 0) is 25.7 Å². The van der Waals surface area contributed by atoms with Crippen molar-refractivity contribution in [2.75, 3.05) is 45.9 Å². The van der Waals surface area contributed by atoms with Gasteiger partial charge in [-0.3, -0.25) is 14.6 Å². The number of aliphatic hydroxyl groups excluding tert-OH is 1. The van der Waals surface area contributed by atoms with Crippen LogP contribution in [0.15, 0.2) is 0 Å². The Labute approximate surface area is 120 Å². The zero-order chi connectivity index (χ0) is 14.6. The molecule has 0 spiro atoms. The van der Waals surface area contributed by atoms with Crippen molar-refractivity contribution in [3.63, 3.8) is 0 Å². The molecule has 0 radical (unpaired) electrons. The Bertz CT molecular complexity index is 321. The predicted molar refractivity (Wildman–Crippen MR) is 74.5 cm³/mol. The smallest absolute Gasteiger partial charge is 0.306 e. The van der Waals surface area contributed by atoms with Crippen LogP contribution in [0.25, 0.3) is 0 Å². The molecule has 1 heterocycles. The SMILES string of the molecule is O=C(O)C1CCC(O)(CN2CCN(CCO)CC2)CC1. The second-order valence-corrected chi connectivity index (χ2v) is 6.18. The van der Waals surface area contributed by atoms with E-state index in [1.165, 1.54) is 0 Å². The van der Waals surface area contributed by atoms with E-state index in [4.69, 9.17) is 10.2 Å². The normalized spacial score (nSPS) is 33.2. The van der Waals surface area contributed by atoms with E-state index in [1.807, 2.05) is 0 Å². The minimum Gasteiger partial charge on any atom is -0.481 e. The van der Waals surface area contributed by atoms with Crippen molar-refractivity contribution in [3.8, 4) is 0 Å². The van der Waals surface area contributed by atoms with Gasteiger partial charge in [-0.1, -0.05) is 0 Å². The van der Waals surface area contributed by atoms with Crippen LogP contribution in [0.3, 0.4) is 0 Å². The Hall–Kier alpha value is -0.690. The summed E-state index contributed by atoms with van der Waals surface area (Å²) in [6, 6.07) is 0. The highest BCUT2D eigenvalue weighted by molar-refractivity contribution is 5.70. The van der Waals surface area contributed by atoms with Crippen molar-refractivity contribution >= 4 is 5.97 Å². The van der Waals surface area contributed by atoms with Gasteiger partial charge in [-0.25, -0.2) is 0 Å². The third-order valence-corrected chi connectivity index (χ3v) is 4.66. The van der Waals surface area contributed by atoms with Gasteiger partial charge in [0.1, 0.15) is 0 Å². The summed E-state index contributed by atoms with van der Waals surface area (Å²) in [5.74, 6) is -1.01. The number of carbonyl (C=O) groups is 1. The predicted octanol–water partition coefficient (Wildman–Crippen LogP) is -0.398. The summed E-state index contributed by atoms with van der Waals surface area (Å²) in [5.41, 5.74) is -0.717. The number of aliphatic hydroxyl groups is 2. The first kappa shape index (κ1) is 15.7. The summed E-state index contributed by atoms with van der Waals surface area (Å²) in [6.45, 7) is 5.23. The molecule has 20 heavy (non-hydrogen) atoms. The molecule has 0 unspecified atom stereocenters. The average Bonchev–Trinajstić information content (AvgIpc) is 2.41. The van der Waals surface area contributed by atoms with E-state index >= 15 is 0 Å². The number of carboxylic acid groups (broad SMARTS) is 1. The molecule has 6 nitrogen and oxygen atoms in total. The van der Waals surface area contributed by atoms with E-state index in [1.54, 1.807) is 0 Å². The zero-order valence-corrected chi connectivity index (χ0v) is 12.0. The fourth-order valence-corrected chi connectivity index (χ4v) is 3.29. The molecule has 0 aromatic rings. The third-order valence-electron chi connectivity index (χ3n) is 4.66. The second kappa shape index (κ2) is 6.85. The highest BCUT2D eigenvalue weighted by Crippen LogP contribution is 2.33. The Balaban J connectivity index is 1.75. The maximum absolute atomic E-state index is 10.9. The fraction of sp³-hybridized carbons (Fsp3) is 0.929. The number of rotatable bonds is 5. The summed E-state index contributed by atoms with van der Waals surface area (Å²) in [4.78, 5) is 15.4. The molecule has 0 aromatic carbocycles. The van der Waals surface area contributed by atoms with Crippen LogP contribution in [0, 0.1) is 5.92 Å². The number of carboxylic acids is 1. The van der Waals surface area contributed by atoms with Gasteiger partial charge >= 0.3 is 5.97 Å². The molecule has 0 aromatic heterocycles. The zero-order valence-electron chi connectivity index (χ0n) is 12.0. The van der Waals surface area contributed by atoms with Crippen molar-refractivity contribution < 1.29 is 20.1 Å².